The van der Waals surface area contributed by atoms with Crippen LogP contribution in [0.2, 0.25) is 0 Å². The summed E-state index contributed by atoms with van der Waals surface area (Å²) in [6.07, 6.45) is 3.89. The van der Waals surface area contributed by atoms with Gasteiger partial charge in [-0.1, -0.05) is 22.9 Å². The van der Waals surface area contributed by atoms with Crippen molar-refractivity contribution in [1.29, 1.82) is 0 Å². The molecular formula is C13H17BrN2O. The van der Waals surface area contributed by atoms with Gasteiger partial charge in [0, 0.05) is 18.2 Å². The summed E-state index contributed by atoms with van der Waals surface area (Å²) in [5, 5.41) is 0. The second-order valence-corrected chi connectivity index (χ2v) is 5.03. The first-order valence-corrected chi connectivity index (χ1v) is 6.67. The third-order valence-corrected chi connectivity index (χ3v) is 3.83. The fraction of sp³-hybridized carbons (Fsp3) is 0.462. The lowest BCUT2D eigenvalue weighted by molar-refractivity contribution is 0.187. The van der Waals surface area contributed by atoms with Crippen molar-refractivity contribution in [3.8, 4) is 0 Å². The molecule has 3 nitrogen and oxygen atoms in total. The normalized spacial score (nSPS) is 13.1. The van der Waals surface area contributed by atoms with Crippen LogP contribution in [-0.2, 0) is 4.74 Å². The van der Waals surface area contributed by atoms with E-state index in [2.05, 4.69) is 45.0 Å². The topological polar surface area (TPSA) is 37.9 Å². The van der Waals surface area contributed by atoms with Crippen molar-refractivity contribution >= 4 is 27.0 Å². The maximum absolute atomic E-state index is 5.17. The van der Waals surface area contributed by atoms with Crippen LogP contribution in [0.4, 0.5) is 0 Å². The number of H-pyrrole nitrogens is 1. The summed E-state index contributed by atoms with van der Waals surface area (Å²) in [5.41, 5.74) is 3.43. The molecule has 2 rings (SSSR count). The molecule has 4 heteroatoms. The number of methoxy groups -OCH3 is 1. The SMILES string of the molecule is CCC(CCOC)c1cc2[nH]cnc2cc1Br. The van der Waals surface area contributed by atoms with Gasteiger partial charge in [-0.05, 0) is 36.5 Å². The Balaban J connectivity index is 2.34. The fourth-order valence-electron chi connectivity index (χ4n) is 2.13. The van der Waals surface area contributed by atoms with E-state index < -0.39 is 0 Å². The van der Waals surface area contributed by atoms with Gasteiger partial charge in [0.2, 0.25) is 0 Å². The van der Waals surface area contributed by atoms with Gasteiger partial charge >= 0.3 is 0 Å². The van der Waals surface area contributed by atoms with Crippen molar-refractivity contribution in [2.45, 2.75) is 25.7 Å². The van der Waals surface area contributed by atoms with Crippen LogP contribution in [0, 0.1) is 0 Å². The Morgan fingerprint density at radius 2 is 2.29 bits per heavy atom. The van der Waals surface area contributed by atoms with Gasteiger partial charge in [0.05, 0.1) is 17.4 Å². The number of rotatable bonds is 5. The smallest absolute Gasteiger partial charge is 0.0931 e. The molecule has 92 valence electrons. The molecule has 0 saturated carbocycles. The predicted molar refractivity (Wildman–Crippen MR) is 73.3 cm³/mol. The van der Waals surface area contributed by atoms with E-state index in [0.29, 0.717) is 5.92 Å². The molecule has 0 amide bonds. The number of aromatic amines is 1. The third-order valence-electron chi connectivity index (χ3n) is 3.14. The average Bonchev–Trinajstić information content (AvgIpc) is 2.77. The minimum absolute atomic E-state index is 0.525. The van der Waals surface area contributed by atoms with Crippen LogP contribution in [0.3, 0.4) is 0 Å². The van der Waals surface area contributed by atoms with E-state index in [4.69, 9.17) is 4.74 Å². The van der Waals surface area contributed by atoms with Gasteiger partial charge in [0.1, 0.15) is 0 Å². The highest BCUT2D eigenvalue weighted by atomic mass is 79.9. The second kappa shape index (κ2) is 5.65. The summed E-state index contributed by atoms with van der Waals surface area (Å²) < 4.78 is 6.31. The molecule has 17 heavy (non-hydrogen) atoms. The van der Waals surface area contributed by atoms with Gasteiger partial charge < -0.3 is 9.72 Å². The highest BCUT2D eigenvalue weighted by molar-refractivity contribution is 9.10. The van der Waals surface area contributed by atoms with Crippen molar-refractivity contribution in [2.75, 3.05) is 13.7 Å². The van der Waals surface area contributed by atoms with Crippen LogP contribution < -0.4 is 0 Å². The molecule has 0 aliphatic carbocycles. The second-order valence-electron chi connectivity index (χ2n) is 4.18. The molecule has 2 aromatic rings. The van der Waals surface area contributed by atoms with Gasteiger partial charge in [-0.15, -0.1) is 0 Å². The predicted octanol–water partition coefficient (Wildman–Crippen LogP) is 3.86. The van der Waals surface area contributed by atoms with E-state index in [0.717, 1.165) is 35.0 Å². The van der Waals surface area contributed by atoms with Crippen LogP contribution in [0.1, 0.15) is 31.2 Å². The zero-order chi connectivity index (χ0) is 12.3. The lowest BCUT2D eigenvalue weighted by Crippen LogP contribution is -2.03. The Morgan fingerprint density at radius 3 is 3.00 bits per heavy atom. The molecule has 1 N–H and O–H groups in total. The van der Waals surface area contributed by atoms with E-state index >= 15 is 0 Å². The zero-order valence-corrected chi connectivity index (χ0v) is 11.8. The first kappa shape index (κ1) is 12.6. The number of fused-ring (bicyclic) bond motifs is 1. The van der Waals surface area contributed by atoms with Crippen molar-refractivity contribution in [2.24, 2.45) is 0 Å². The van der Waals surface area contributed by atoms with Crippen molar-refractivity contribution in [1.82, 2.24) is 9.97 Å². The largest absolute Gasteiger partial charge is 0.385 e. The first-order valence-electron chi connectivity index (χ1n) is 5.87. The van der Waals surface area contributed by atoms with E-state index in [-0.39, 0.29) is 0 Å². The summed E-state index contributed by atoms with van der Waals surface area (Å²) >= 11 is 3.64. The van der Waals surface area contributed by atoms with Gasteiger partial charge in [0.25, 0.3) is 0 Å². The Labute approximate surface area is 110 Å². The quantitative estimate of drug-likeness (QED) is 0.910. The molecule has 1 aromatic heterocycles. The van der Waals surface area contributed by atoms with E-state index in [9.17, 15) is 0 Å². The molecule has 0 aliphatic rings. The van der Waals surface area contributed by atoms with Gasteiger partial charge in [0.15, 0.2) is 0 Å². The summed E-state index contributed by atoms with van der Waals surface area (Å²) in [4.78, 5) is 7.42. The monoisotopic (exact) mass is 296 g/mol. The van der Waals surface area contributed by atoms with E-state index in [1.807, 2.05) is 0 Å². The molecule has 0 radical (unpaired) electrons. The number of nitrogens with zero attached hydrogens (tertiary/aromatic N) is 1. The van der Waals surface area contributed by atoms with Crippen molar-refractivity contribution < 1.29 is 4.74 Å². The maximum Gasteiger partial charge on any atom is 0.0931 e. The van der Waals surface area contributed by atoms with Gasteiger partial charge in [-0.2, -0.15) is 0 Å². The fourth-order valence-corrected chi connectivity index (χ4v) is 2.78. The molecule has 0 saturated heterocycles. The first-order chi connectivity index (χ1) is 8.26. The maximum atomic E-state index is 5.17. The van der Waals surface area contributed by atoms with Crippen LogP contribution in [0.25, 0.3) is 11.0 Å². The van der Waals surface area contributed by atoms with Crippen molar-refractivity contribution in [3.05, 3.63) is 28.5 Å². The highest BCUT2D eigenvalue weighted by Gasteiger charge is 2.14. The molecule has 1 atom stereocenters. The Kier molecular flexibility index (Phi) is 4.18. The summed E-state index contributed by atoms with van der Waals surface area (Å²) in [5.74, 6) is 0.525. The van der Waals surface area contributed by atoms with Crippen molar-refractivity contribution in [3.63, 3.8) is 0 Å². The zero-order valence-electron chi connectivity index (χ0n) is 10.2. The Hall–Kier alpha value is -0.870. The molecule has 1 heterocycles. The van der Waals surface area contributed by atoms with E-state index in [1.165, 1.54) is 5.56 Å². The molecular weight excluding hydrogens is 280 g/mol. The molecule has 0 bridgehead atoms. The molecule has 0 spiro atoms. The number of hydrogen-bond acceptors (Lipinski definition) is 2. The number of halogens is 1. The Bertz CT molecular complexity index is 495. The average molecular weight is 297 g/mol. The van der Waals surface area contributed by atoms with Crippen LogP contribution in [0.15, 0.2) is 22.9 Å². The molecule has 1 unspecified atom stereocenters. The standard InChI is InChI=1S/C13H17BrN2O/c1-3-9(4-5-17-2)10-6-12-13(7-11(10)14)16-8-15-12/h6-9H,3-5H2,1-2H3,(H,15,16). The lowest BCUT2D eigenvalue weighted by atomic mass is 9.93. The van der Waals surface area contributed by atoms with Gasteiger partial charge in [-0.3, -0.25) is 0 Å². The number of ether oxygens (including phenoxy) is 1. The number of hydrogen-bond donors (Lipinski definition) is 1. The minimum Gasteiger partial charge on any atom is -0.385 e. The number of imidazole rings is 1. The lowest BCUT2D eigenvalue weighted by Gasteiger charge is -2.16. The Morgan fingerprint density at radius 1 is 1.47 bits per heavy atom. The number of benzene rings is 1. The van der Waals surface area contributed by atoms with Gasteiger partial charge in [-0.25, -0.2) is 4.98 Å². The number of nitrogens with one attached hydrogen (secondary N) is 1. The summed E-state index contributed by atoms with van der Waals surface area (Å²) in [7, 11) is 1.75. The van der Waals surface area contributed by atoms with Crippen LogP contribution in [0.5, 0.6) is 0 Å². The molecule has 0 aliphatic heterocycles. The summed E-state index contributed by atoms with van der Waals surface area (Å²) in [6.45, 7) is 3.01. The van der Waals surface area contributed by atoms with Crippen LogP contribution in [-0.4, -0.2) is 23.7 Å². The molecule has 0 fully saturated rings. The van der Waals surface area contributed by atoms with E-state index in [1.54, 1.807) is 13.4 Å². The van der Waals surface area contributed by atoms with Crippen LogP contribution >= 0.6 is 15.9 Å². The minimum atomic E-state index is 0.525. The molecule has 1 aromatic carbocycles. The summed E-state index contributed by atoms with van der Waals surface area (Å²) in [6, 6.07) is 4.27. The third kappa shape index (κ3) is 2.69. The number of aromatic nitrogens is 2. The highest BCUT2D eigenvalue weighted by Crippen LogP contribution is 2.32.